The van der Waals surface area contributed by atoms with Crippen molar-refractivity contribution < 1.29 is 9.90 Å². The number of amides is 1. The molecule has 1 aromatic rings. The summed E-state index contributed by atoms with van der Waals surface area (Å²) in [4.78, 5) is 13.0. The van der Waals surface area contributed by atoms with Crippen molar-refractivity contribution >= 4 is 5.91 Å². The Hall–Kier alpha value is -1.29. The van der Waals surface area contributed by atoms with E-state index in [4.69, 9.17) is 0 Å². The lowest BCUT2D eigenvalue weighted by molar-refractivity contribution is -0.127. The summed E-state index contributed by atoms with van der Waals surface area (Å²) < 4.78 is 2.03. The van der Waals surface area contributed by atoms with E-state index in [0.29, 0.717) is 13.1 Å². The highest BCUT2D eigenvalue weighted by Crippen LogP contribution is 2.10. The second-order valence-electron chi connectivity index (χ2n) is 3.62. The Morgan fingerprint density at radius 3 is 2.64 bits per heavy atom. The Labute approximate surface area is 82.7 Å². The van der Waals surface area contributed by atoms with E-state index in [1.54, 1.807) is 4.90 Å². The number of β-amino-alcohol motifs (C(OH)–C–C–N with tert-alkyl or cyclic N) is 1. The van der Waals surface area contributed by atoms with Crippen molar-refractivity contribution in [2.45, 2.75) is 19.1 Å². The van der Waals surface area contributed by atoms with Crippen LogP contribution in [0.1, 0.15) is 6.42 Å². The third-order valence-corrected chi connectivity index (χ3v) is 2.49. The zero-order chi connectivity index (χ0) is 9.97. The maximum Gasteiger partial charge on any atom is 0.225 e. The minimum atomic E-state index is -0.466. The van der Waals surface area contributed by atoms with Crippen molar-refractivity contribution in [1.82, 2.24) is 9.47 Å². The van der Waals surface area contributed by atoms with Crippen LogP contribution < -0.4 is 0 Å². The molecule has 4 nitrogen and oxygen atoms in total. The smallest absolute Gasteiger partial charge is 0.225 e. The maximum absolute atomic E-state index is 11.3. The Morgan fingerprint density at radius 2 is 2.07 bits per heavy atom. The Balaban J connectivity index is 1.84. The lowest BCUT2D eigenvalue weighted by Gasteiger charge is -2.15. The lowest BCUT2D eigenvalue weighted by atomic mass is 10.3. The van der Waals surface area contributed by atoms with Crippen LogP contribution in [-0.2, 0) is 11.3 Å². The second kappa shape index (κ2) is 3.84. The van der Waals surface area contributed by atoms with Crippen molar-refractivity contribution in [3.63, 3.8) is 0 Å². The summed E-state index contributed by atoms with van der Waals surface area (Å²) in [5, 5.41) is 9.26. The SMILES string of the molecule is O=C1CC(O)CN1CCn1cccc1. The quantitative estimate of drug-likeness (QED) is 0.740. The summed E-state index contributed by atoms with van der Waals surface area (Å²) in [7, 11) is 0. The topological polar surface area (TPSA) is 45.5 Å². The van der Waals surface area contributed by atoms with Crippen LogP contribution in [0.4, 0.5) is 0 Å². The van der Waals surface area contributed by atoms with Gasteiger partial charge in [-0.1, -0.05) is 0 Å². The predicted molar refractivity (Wildman–Crippen MR) is 51.6 cm³/mol. The highest BCUT2D eigenvalue weighted by atomic mass is 16.3. The number of aliphatic hydroxyl groups is 1. The van der Waals surface area contributed by atoms with E-state index in [0.717, 1.165) is 6.54 Å². The normalized spacial score (nSPS) is 21.9. The second-order valence-corrected chi connectivity index (χ2v) is 3.62. The summed E-state index contributed by atoms with van der Waals surface area (Å²) >= 11 is 0. The summed E-state index contributed by atoms with van der Waals surface area (Å²) in [6.07, 6.45) is 3.76. The first-order valence-corrected chi connectivity index (χ1v) is 4.82. The molecular formula is C10H14N2O2. The number of carbonyl (C=O) groups excluding carboxylic acids is 1. The summed E-state index contributed by atoms with van der Waals surface area (Å²) in [6, 6.07) is 3.92. The first-order chi connectivity index (χ1) is 6.75. The first-order valence-electron chi connectivity index (χ1n) is 4.82. The molecule has 1 aliphatic heterocycles. The molecule has 0 saturated carbocycles. The van der Waals surface area contributed by atoms with E-state index >= 15 is 0 Å². The molecule has 0 spiro atoms. The standard InChI is InChI=1S/C10H14N2O2/c13-9-7-10(14)12(8-9)6-5-11-3-1-2-4-11/h1-4,9,13H,5-8H2. The number of carbonyl (C=O) groups is 1. The van der Waals surface area contributed by atoms with Gasteiger partial charge >= 0.3 is 0 Å². The Bertz CT molecular complexity index is 308. The summed E-state index contributed by atoms with van der Waals surface area (Å²) in [6.45, 7) is 1.97. The monoisotopic (exact) mass is 194 g/mol. The van der Waals surface area contributed by atoms with Gasteiger partial charge in [0, 0.05) is 32.0 Å². The van der Waals surface area contributed by atoms with Gasteiger partial charge in [0.25, 0.3) is 0 Å². The van der Waals surface area contributed by atoms with Crippen molar-refractivity contribution in [3.05, 3.63) is 24.5 Å². The molecule has 14 heavy (non-hydrogen) atoms. The van der Waals surface area contributed by atoms with Gasteiger partial charge in [-0.25, -0.2) is 0 Å². The molecule has 1 aromatic heterocycles. The molecule has 1 amide bonds. The van der Waals surface area contributed by atoms with Crippen LogP contribution in [0.15, 0.2) is 24.5 Å². The molecule has 1 aliphatic rings. The number of likely N-dealkylation sites (tertiary alicyclic amines) is 1. The van der Waals surface area contributed by atoms with Gasteiger partial charge in [0.15, 0.2) is 0 Å². The Morgan fingerprint density at radius 1 is 1.36 bits per heavy atom. The fourth-order valence-electron chi connectivity index (χ4n) is 1.72. The molecule has 1 fully saturated rings. The zero-order valence-corrected chi connectivity index (χ0v) is 7.97. The van der Waals surface area contributed by atoms with Crippen molar-refractivity contribution in [2.75, 3.05) is 13.1 Å². The number of aromatic nitrogens is 1. The summed E-state index contributed by atoms with van der Waals surface area (Å²) in [5.74, 6) is 0.0599. The molecule has 0 aliphatic carbocycles. The van der Waals surface area contributed by atoms with E-state index in [9.17, 15) is 9.90 Å². The van der Waals surface area contributed by atoms with Crippen molar-refractivity contribution in [2.24, 2.45) is 0 Å². The van der Waals surface area contributed by atoms with Crippen molar-refractivity contribution in [3.8, 4) is 0 Å². The van der Waals surface area contributed by atoms with Crippen LogP contribution >= 0.6 is 0 Å². The minimum Gasteiger partial charge on any atom is -0.391 e. The molecule has 2 heterocycles. The summed E-state index contributed by atoms with van der Waals surface area (Å²) in [5.41, 5.74) is 0. The molecular weight excluding hydrogens is 180 g/mol. The number of rotatable bonds is 3. The predicted octanol–water partition coefficient (Wildman–Crippen LogP) is 0.0813. The van der Waals surface area contributed by atoms with Crippen LogP contribution in [0.3, 0.4) is 0 Å². The van der Waals surface area contributed by atoms with Gasteiger partial charge in [0.1, 0.15) is 0 Å². The number of nitrogens with zero attached hydrogens (tertiary/aromatic N) is 2. The van der Waals surface area contributed by atoms with E-state index in [2.05, 4.69) is 0 Å². The third kappa shape index (κ3) is 1.96. The maximum atomic E-state index is 11.3. The fraction of sp³-hybridized carbons (Fsp3) is 0.500. The Kier molecular flexibility index (Phi) is 2.54. The van der Waals surface area contributed by atoms with Gasteiger partial charge in [0.05, 0.1) is 12.5 Å². The molecule has 1 N–H and O–H groups in total. The molecule has 0 bridgehead atoms. The molecule has 2 rings (SSSR count). The van der Waals surface area contributed by atoms with E-state index in [-0.39, 0.29) is 12.3 Å². The molecule has 1 atom stereocenters. The van der Waals surface area contributed by atoms with Crippen LogP contribution in [0.5, 0.6) is 0 Å². The molecule has 0 aromatic carbocycles. The zero-order valence-electron chi connectivity index (χ0n) is 7.97. The van der Waals surface area contributed by atoms with Crippen LogP contribution in [0.25, 0.3) is 0 Å². The number of hydrogen-bond acceptors (Lipinski definition) is 2. The van der Waals surface area contributed by atoms with Gasteiger partial charge < -0.3 is 14.6 Å². The molecule has 76 valence electrons. The minimum absolute atomic E-state index is 0.0599. The third-order valence-electron chi connectivity index (χ3n) is 2.49. The molecule has 4 heteroatoms. The van der Waals surface area contributed by atoms with Crippen LogP contribution in [0, 0.1) is 0 Å². The molecule has 1 saturated heterocycles. The average molecular weight is 194 g/mol. The van der Waals surface area contributed by atoms with Crippen molar-refractivity contribution in [1.29, 1.82) is 0 Å². The van der Waals surface area contributed by atoms with Gasteiger partial charge in [0.2, 0.25) is 5.91 Å². The van der Waals surface area contributed by atoms with Gasteiger partial charge in [-0.2, -0.15) is 0 Å². The largest absolute Gasteiger partial charge is 0.391 e. The number of aliphatic hydroxyl groups excluding tert-OH is 1. The highest BCUT2D eigenvalue weighted by Gasteiger charge is 2.27. The fourth-order valence-corrected chi connectivity index (χ4v) is 1.72. The van der Waals surface area contributed by atoms with E-state index in [1.807, 2.05) is 29.1 Å². The van der Waals surface area contributed by atoms with Crippen LogP contribution in [-0.4, -0.2) is 39.7 Å². The van der Waals surface area contributed by atoms with Gasteiger partial charge in [-0.3, -0.25) is 4.79 Å². The molecule has 1 unspecified atom stereocenters. The average Bonchev–Trinajstić information content (AvgIpc) is 2.72. The van der Waals surface area contributed by atoms with Gasteiger partial charge in [-0.05, 0) is 12.1 Å². The van der Waals surface area contributed by atoms with Crippen LogP contribution in [0.2, 0.25) is 0 Å². The lowest BCUT2D eigenvalue weighted by Crippen LogP contribution is -2.29. The number of hydrogen-bond donors (Lipinski definition) is 1. The highest BCUT2D eigenvalue weighted by molar-refractivity contribution is 5.78. The van der Waals surface area contributed by atoms with E-state index < -0.39 is 6.10 Å². The van der Waals surface area contributed by atoms with Gasteiger partial charge in [-0.15, -0.1) is 0 Å². The first kappa shape index (κ1) is 9.27. The molecule has 0 radical (unpaired) electrons. The van der Waals surface area contributed by atoms with E-state index in [1.165, 1.54) is 0 Å².